The van der Waals surface area contributed by atoms with E-state index in [1.807, 2.05) is 24.8 Å². The van der Waals surface area contributed by atoms with Gasteiger partial charge < -0.3 is 5.73 Å². The third-order valence-electron chi connectivity index (χ3n) is 2.09. The molecule has 1 heterocycles. The number of thiazole rings is 1. The smallest absolute Gasteiger partial charge is 0.0907 e. The summed E-state index contributed by atoms with van der Waals surface area (Å²) in [4.78, 5) is 5.63. The van der Waals surface area contributed by atoms with Crippen LogP contribution in [0.25, 0.3) is 10.2 Å². The highest BCUT2D eigenvalue weighted by molar-refractivity contribution is 7.99. The number of anilines is 1. The van der Waals surface area contributed by atoms with Crippen molar-refractivity contribution < 1.29 is 0 Å². The number of aromatic nitrogens is 1. The van der Waals surface area contributed by atoms with Crippen molar-refractivity contribution in [1.29, 1.82) is 0 Å². The average molecular weight is 238 g/mol. The maximum absolute atomic E-state index is 5.99. The van der Waals surface area contributed by atoms with Gasteiger partial charge in [0, 0.05) is 10.6 Å². The van der Waals surface area contributed by atoms with Crippen LogP contribution in [0.5, 0.6) is 0 Å². The second-order valence-corrected chi connectivity index (χ2v) is 5.81. The number of hydrogen-bond acceptors (Lipinski definition) is 4. The van der Waals surface area contributed by atoms with Crippen LogP contribution in [0.2, 0.25) is 0 Å². The predicted molar refractivity (Wildman–Crippen MR) is 69.8 cm³/mol. The number of nitrogen functional groups attached to an aromatic ring is 1. The molecule has 1 aromatic carbocycles. The van der Waals surface area contributed by atoms with E-state index in [1.165, 1.54) is 4.70 Å². The Kier molecular flexibility index (Phi) is 3.17. The minimum atomic E-state index is 0.879. The van der Waals surface area contributed by atoms with Gasteiger partial charge in [0.25, 0.3) is 0 Å². The molecule has 2 nitrogen and oxygen atoms in total. The zero-order chi connectivity index (χ0) is 10.8. The van der Waals surface area contributed by atoms with Crippen molar-refractivity contribution in [3.63, 3.8) is 0 Å². The van der Waals surface area contributed by atoms with Gasteiger partial charge in [-0.1, -0.05) is 6.92 Å². The van der Waals surface area contributed by atoms with Gasteiger partial charge >= 0.3 is 0 Å². The molecular formula is C11H14N2S2. The first-order chi connectivity index (χ1) is 7.20. The number of thioether (sulfide) groups is 1. The first-order valence-corrected chi connectivity index (χ1v) is 6.80. The molecule has 4 heteroatoms. The highest BCUT2D eigenvalue weighted by Gasteiger charge is 2.06. The van der Waals surface area contributed by atoms with E-state index in [0.29, 0.717) is 0 Å². The summed E-state index contributed by atoms with van der Waals surface area (Å²) in [5.41, 5.74) is 7.95. The summed E-state index contributed by atoms with van der Waals surface area (Å²) in [5, 5.41) is 1.10. The molecule has 0 amide bonds. The van der Waals surface area contributed by atoms with Crippen LogP contribution in [-0.2, 0) is 0 Å². The lowest BCUT2D eigenvalue weighted by Crippen LogP contribution is -1.88. The van der Waals surface area contributed by atoms with Gasteiger partial charge in [-0.3, -0.25) is 0 Å². The molecule has 0 aliphatic heterocycles. The fourth-order valence-electron chi connectivity index (χ4n) is 1.42. The fourth-order valence-corrected chi connectivity index (χ4v) is 3.12. The second-order valence-electron chi connectivity index (χ2n) is 3.44. The molecule has 0 bridgehead atoms. The maximum Gasteiger partial charge on any atom is 0.0907 e. The first-order valence-electron chi connectivity index (χ1n) is 5.00. The van der Waals surface area contributed by atoms with Crippen LogP contribution in [0, 0.1) is 6.92 Å². The van der Waals surface area contributed by atoms with Crippen molar-refractivity contribution in [2.45, 2.75) is 25.2 Å². The monoisotopic (exact) mass is 238 g/mol. The van der Waals surface area contributed by atoms with E-state index in [4.69, 9.17) is 5.73 Å². The zero-order valence-corrected chi connectivity index (χ0v) is 10.5. The predicted octanol–water partition coefficient (Wildman–Crippen LogP) is 3.69. The summed E-state index contributed by atoms with van der Waals surface area (Å²) in [6, 6.07) is 4.15. The lowest BCUT2D eigenvalue weighted by molar-refractivity contribution is 1.10. The topological polar surface area (TPSA) is 38.9 Å². The van der Waals surface area contributed by atoms with Gasteiger partial charge in [0.15, 0.2) is 0 Å². The Hall–Kier alpha value is -0.740. The number of aryl methyl sites for hydroxylation is 1. The number of nitrogens with two attached hydrogens (primary N) is 1. The number of rotatable bonds is 3. The van der Waals surface area contributed by atoms with Crippen molar-refractivity contribution in [3.05, 3.63) is 17.1 Å². The average Bonchev–Trinajstić information content (AvgIpc) is 2.53. The van der Waals surface area contributed by atoms with Gasteiger partial charge in [0.05, 0.1) is 15.2 Å². The van der Waals surface area contributed by atoms with E-state index in [2.05, 4.69) is 18.0 Å². The second kappa shape index (κ2) is 4.41. The Morgan fingerprint density at radius 3 is 3.00 bits per heavy atom. The van der Waals surface area contributed by atoms with Crippen LogP contribution in [-0.4, -0.2) is 10.7 Å². The lowest BCUT2D eigenvalue weighted by Gasteiger charge is -2.03. The third kappa shape index (κ3) is 2.26. The molecule has 0 fully saturated rings. The largest absolute Gasteiger partial charge is 0.398 e. The molecule has 2 aromatic rings. The van der Waals surface area contributed by atoms with E-state index in [0.717, 1.165) is 33.3 Å². The standard InChI is InChI=1S/C11H14N2S2/c1-3-4-14-10-6-9-11(5-8(10)12)15-7(2)13-9/h5-6H,3-4,12H2,1-2H3. The molecule has 0 saturated heterocycles. The van der Waals surface area contributed by atoms with Crippen molar-refractivity contribution in [3.8, 4) is 0 Å². The molecule has 0 spiro atoms. The van der Waals surface area contributed by atoms with Gasteiger partial charge in [-0.05, 0) is 31.2 Å². The zero-order valence-electron chi connectivity index (χ0n) is 8.91. The van der Waals surface area contributed by atoms with Crippen molar-refractivity contribution in [2.75, 3.05) is 11.5 Å². The van der Waals surface area contributed by atoms with Gasteiger partial charge in [-0.25, -0.2) is 4.98 Å². The van der Waals surface area contributed by atoms with E-state index in [1.54, 1.807) is 11.3 Å². The molecule has 0 atom stereocenters. The summed E-state index contributed by atoms with van der Waals surface area (Å²) >= 11 is 3.51. The molecule has 0 aliphatic carbocycles. The summed E-state index contributed by atoms with van der Waals surface area (Å²) in [6.45, 7) is 4.20. The summed E-state index contributed by atoms with van der Waals surface area (Å²) in [6.07, 6.45) is 1.16. The van der Waals surface area contributed by atoms with Gasteiger partial charge in [0.2, 0.25) is 0 Å². The molecule has 0 aliphatic rings. The van der Waals surface area contributed by atoms with E-state index >= 15 is 0 Å². The number of hydrogen-bond donors (Lipinski definition) is 1. The Morgan fingerprint density at radius 2 is 2.27 bits per heavy atom. The van der Waals surface area contributed by atoms with Gasteiger partial charge in [-0.15, -0.1) is 23.1 Å². The van der Waals surface area contributed by atoms with Crippen molar-refractivity contribution in [2.24, 2.45) is 0 Å². The molecule has 80 valence electrons. The number of nitrogens with zero attached hydrogens (tertiary/aromatic N) is 1. The molecular weight excluding hydrogens is 224 g/mol. The Labute approximate surface area is 97.9 Å². The van der Waals surface area contributed by atoms with Crippen molar-refractivity contribution in [1.82, 2.24) is 4.98 Å². The maximum atomic E-state index is 5.99. The van der Waals surface area contributed by atoms with E-state index < -0.39 is 0 Å². The molecule has 1 aromatic heterocycles. The van der Waals surface area contributed by atoms with Crippen LogP contribution < -0.4 is 5.73 Å². The van der Waals surface area contributed by atoms with Crippen LogP contribution >= 0.6 is 23.1 Å². The van der Waals surface area contributed by atoms with Crippen LogP contribution in [0.3, 0.4) is 0 Å². The highest BCUT2D eigenvalue weighted by Crippen LogP contribution is 2.32. The minimum absolute atomic E-state index is 0.879. The number of fused-ring (bicyclic) bond motifs is 1. The molecule has 2 N–H and O–H groups in total. The third-order valence-corrected chi connectivity index (χ3v) is 4.30. The van der Waals surface area contributed by atoms with Crippen LogP contribution in [0.15, 0.2) is 17.0 Å². The summed E-state index contributed by atoms with van der Waals surface area (Å²) in [5.74, 6) is 1.11. The van der Waals surface area contributed by atoms with Gasteiger partial charge in [-0.2, -0.15) is 0 Å². The van der Waals surface area contributed by atoms with Gasteiger partial charge in [0.1, 0.15) is 0 Å². The molecule has 0 unspecified atom stereocenters. The highest BCUT2D eigenvalue weighted by atomic mass is 32.2. The SMILES string of the molecule is CCCSc1cc2nc(C)sc2cc1N. The Morgan fingerprint density at radius 1 is 1.47 bits per heavy atom. The number of benzene rings is 1. The molecule has 2 rings (SSSR count). The normalized spacial score (nSPS) is 11.1. The molecule has 0 saturated carbocycles. The van der Waals surface area contributed by atoms with Crippen molar-refractivity contribution >= 4 is 39.0 Å². The van der Waals surface area contributed by atoms with E-state index in [9.17, 15) is 0 Å². The fraction of sp³-hybridized carbons (Fsp3) is 0.364. The minimum Gasteiger partial charge on any atom is -0.398 e. The Balaban J connectivity index is 2.42. The quantitative estimate of drug-likeness (QED) is 0.654. The lowest BCUT2D eigenvalue weighted by atomic mass is 10.3. The van der Waals surface area contributed by atoms with Crippen LogP contribution in [0.1, 0.15) is 18.4 Å². The summed E-state index contributed by atoms with van der Waals surface area (Å²) < 4.78 is 1.19. The molecule has 15 heavy (non-hydrogen) atoms. The van der Waals surface area contributed by atoms with E-state index in [-0.39, 0.29) is 0 Å². The summed E-state index contributed by atoms with van der Waals surface area (Å²) in [7, 11) is 0. The Bertz CT molecular complexity index is 477. The molecule has 0 radical (unpaired) electrons. The van der Waals surface area contributed by atoms with Crippen LogP contribution in [0.4, 0.5) is 5.69 Å². The first kappa shape index (κ1) is 10.8.